The van der Waals surface area contributed by atoms with Crippen molar-refractivity contribution in [2.75, 3.05) is 5.32 Å². The highest BCUT2D eigenvalue weighted by atomic mass is 35.5. The van der Waals surface area contributed by atoms with Gasteiger partial charge in [0.1, 0.15) is 11.5 Å². The molecule has 6 heteroatoms. The molecular formula is C15H14ClFN2O2. The van der Waals surface area contributed by atoms with Gasteiger partial charge >= 0.3 is 0 Å². The number of anilines is 1. The molecule has 2 aromatic rings. The third-order valence-electron chi connectivity index (χ3n) is 3.18. The van der Waals surface area contributed by atoms with Crippen molar-refractivity contribution in [2.45, 2.75) is 19.9 Å². The lowest BCUT2D eigenvalue weighted by molar-refractivity contribution is -0.384. The molecule has 0 bridgehead atoms. The molecule has 2 rings (SSSR count). The average molecular weight is 309 g/mol. The highest BCUT2D eigenvalue weighted by Gasteiger charge is 2.19. The molecule has 0 amide bonds. The molecule has 0 radical (unpaired) electrons. The molecule has 0 aliphatic heterocycles. The number of halogens is 2. The van der Waals surface area contributed by atoms with Gasteiger partial charge < -0.3 is 5.32 Å². The Morgan fingerprint density at radius 2 is 1.90 bits per heavy atom. The lowest BCUT2D eigenvalue weighted by atomic mass is 10.1. The van der Waals surface area contributed by atoms with Crippen molar-refractivity contribution in [1.29, 1.82) is 0 Å². The molecule has 21 heavy (non-hydrogen) atoms. The fourth-order valence-corrected chi connectivity index (χ4v) is 2.14. The summed E-state index contributed by atoms with van der Waals surface area (Å²) in [7, 11) is 0. The summed E-state index contributed by atoms with van der Waals surface area (Å²) in [5.74, 6) is -0.808. The summed E-state index contributed by atoms with van der Waals surface area (Å²) in [4.78, 5) is 10.4. The summed E-state index contributed by atoms with van der Waals surface area (Å²) < 4.78 is 13.4. The molecule has 0 aromatic heterocycles. The van der Waals surface area contributed by atoms with Crippen LogP contribution in [0.2, 0.25) is 5.02 Å². The second-order valence-corrected chi connectivity index (χ2v) is 5.22. The number of nitrogens with zero attached hydrogens (tertiary/aromatic N) is 1. The zero-order valence-electron chi connectivity index (χ0n) is 11.6. The molecular weight excluding hydrogens is 295 g/mol. The highest BCUT2D eigenvalue weighted by molar-refractivity contribution is 6.31. The Kier molecular flexibility index (Phi) is 4.43. The van der Waals surface area contributed by atoms with Gasteiger partial charge in [-0.1, -0.05) is 41.4 Å². The van der Waals surface area contributed by atoms with Crippen LogP contribution < -0.4 is 5.32 Å². The topological polar surface area (TPSA) is 55.2 Å². The third-order valence-corrected chi connectivity index (χ3v) is 3.47. The van der Waals surface area contributed by atoms with Gasteiger partial charge in [0, 0.05) is 6.04 Å². The van der Waals surface area contributed by atoms with Crippen LogP contribution in [0.5, 0.6) is 0 Å². The molecule has 0 spiro atoms. The van der Waals surface area contributed by atoms with Gasteiger partial charge in [0.05, 0.1) is 16.0 Å². The maximum absolute atomic E-state index is 13.4. The number of aryl methyl sites for hydroxylation is 1. The summed E-state index contributed by atoms with van der Waals surface area (Å²) in [6, 6.07) is 9.67. The van der Waals surface area contributed by atoms with Crippen molar-refractivity contribution in [3.8, 4) is 0 Å². The fourth-order valence-electron chi connectivity index (χ4n) is 1.97. The van der Waals surface area contributed by atoms with Crippen molar-refractivity contribution in [1.82, 2.24) is 0 Å². The van der Waals surface area contributed by atoms with E-state index in [2.05, 4.69) is 5.32 Å². The first-order valence-electron chi connectivity index (χ1n) is 6.35. The van der Waals surface area contributed by atoms with Gasteiger partial charge in [0.2, 0.25) is 0 Å². The molecule has 110 valence electrons. The van der Waals surface area contributed by atoms with Crippen LogP contribution in [0.4, 0.5) is 15.8 Å². The van der Waals surface area contributed by atoms with Crippen LogP contribution in [0.25, 0.3) is 0 Å². The molecule has 1 N–H and O–H groups in total. The van der Waals surface area contributed by atoms with Crippen LogP contribution in [-0.4, -0.2) is 4.92 Å². The minimum Gasteiger partial charge on any atom is -0.373 e. The SMILES string of the molecule is Cc1ccc(C(C)Nc2cc(Cl)c(F)cc2[N+](=O)[O-])cc1. The Labute approximate surface area is 126 Å². The summed E-state index contributed by atoms with van der Waals surface area (Å²) in [6.07, 6.45) is 0. The Morgan fingerprint density at radius 3 is 2.48 bits per heavy atom. The van der Waals surface area contributed by atoms with E-state index in [1.165, 1.54) is 6.07 Å². The van der Waals surface area contributed by atoms with Gasteiger partial charge in [-0.25, -0.2) is 4.39 Å². The molecule has 0 aliphatic carbocycles. The van der Waals surface area contributed by atoms with E-state index in [9.17, 15) is 14.5 Å². The Morgan fingerprint density at radius 1 is 1.29 bits per heavy atom. The number of nitro groups is 1. The number of nitro benzene ring substituents is 1. The summed E-state index contributed by atoms with van der Waals surface area (Å²) >= 11 is 5.70. The van der Waals surface area contributed by atoms with Gasteiger partial charge in [-0.2, -0.15) is 0 Å². The highest BCUT2D eigenvalue weighted by Crippen LogP contribution is 2.32. The van der Waals surface area contributed by atoms with E-state index in [1.807, 2.05) is 38.1 Å². The first-order valence-corrected chi connectivity index (χ1v) is 6.73. The molecule has 0 heterocycles. The number of benzene rings is 2. The number of hydrogen-bond donors (Lipinski definition) is 1. The van der Waals surface area contributed by atoms with Crippen LogP contribution in [-0.2, 0) is 0 Å². The van der Waals surface area contributed by atoms with Crippen LogP contribution in [0, 0.1) is 22.9 Å². The van der Waals surface area contributed by atoms with Gasteiger partial charge in [-0.3, -0.25) is 10.1 Å². The molecule has 4 nitrogen and oxygen atoms in total. The van der Waals surface area contributed by atoms with E-state index in [-0.39, 0.29) is 22.4 Å². The van der Waals surface area contributed by atoms with Crippen molar-refractivity contribution in [3.63, 3.8) is 0 Å². The summed E-state index contributed by atoms with van der Waals surface area (Å²) in [5, 5.41) is 13.9. The zero-order valence-corrected chi connectivity index (χ0v) is 12.3. The standard InChI is InChI=1S/C15H14ClFN2O2/c1-9-3-5-11(6-4-9)10(2)18-14-7-12(16)13(17)8-15(14)19(20)21/h3-8,10,18H,1-2H3. The Hall–Kier alpha value is -2.14. The monoisotopic (exact) mass is 308 g/mol. The predicted octanol–water partition coefficient (Wildman–Crippen LogP) is 4.87. The second-order valence-electron chi connectivity index (χ2n) is 4.82. The Bertz CT molecular complexity index is 674. The van der Waals surface area contributed by atoms with E-state index in [0.717, 1.165) is 17.2 Å². The summed E-state index contributed by atoms with van der Waals surface area (Å²) in [5.41, 5.74) is 1.95. The second kappa shape index (κ2) is 6.10. The molecule has 1 unspecified atom stereocenters. The van der Waals surface area contributed by atoms with E-state index in [0.29, 0.717) is 0 Å². The third kappa shape index (κ3) is 3.49. The van der Waals surface area contributed by atoms with Gasteiger partial charge in [-0.05, 0) is 25.5 Å². The van der Waals surface area contributed by atoms with Crippen molar-refractivity contribution >= 4 is 23.0 Å². The van der Waals surface area contributed by atoms with Crippen molar-refractivity contribution < 1.29 is 9.31 Å². The van der Waals surface area contributed by atoms with Gasteiger partial charge in [0.15, 0.2) is 0 Å². The normalized spacial score (nSPS) is 12.0. The number of nitrogens with one attached hydrogen (secondary N) is 1. The lowest BCUT2D eigenvalue weighted by Gasteiger charge is -2.16. The zero-order chi connectivity index (χ0) is 15.6. The number of hydrogen-bond acceptors (Lipinski definition) is 3. The van der Waals surface area contributed by atoms with Crippen LogP contribution >= 0.6 is 11.6 Å². The lowest BCUT2D eigenvalue weighted by Crippen LogP contribution is -2.08. The van der Waals surface area contributed by atoms with E-state index >= 15 is 0 Å². The van der Waals surface area contributed by atoms with Crippen LogP contribution in [0.1, 0.15) is 24.1 Å². The van der Waals surface area contributed by atoms with Gasteiger partial charge in [0.25, 0.3) is 5.69 Å². The molecule has 0 fully saturated rings. The smallest absolute Gasteiger partial charge is 0.295 e. The Balaban J connectivity index is 2.32. The van der Waals surface area contributed by atoms with E-state index < -0.39 is 10.7 Å². The van der Waals surface area contributed by atoms with Crippen molar-refractivity contribution in [3.05, 3.63) is 68.5 Å². The molecule has 2 aromatic carbocycles. The van der Waals surface area contributed by atoms with Crippen molar-refractivity contribution in [2.24, 2.45) is 0 Å². The molecule has 0 aliphatic rings. The van der Waals surface area contributed by atoms with Crippen LogP contribution in [0.3, 0.4) is 0 Å². The quantitative estimate of drug-likeness (QED) is 0.647. The fraction of sp³-hybridized carbons (Fsp3) is 0.200. The summed E-state index contributed by atoms with van der Waals surface area (Å²) in [6.45, 7) is 3.85. The minimum absolute atomic E-state index is 0.154. The number of rotatable bonds is 4. The maximum Gasteiger partial charge on any atom is 0.295 e. The largest absolute Gasteiger partial charge is 0.373 e. The van der Waals surface area contributed by atoms with Gasteiger partial charge in [-0.15, -0.1) is 0 Å². The van der Waals surface area contributed by atoms with E-state index in [1.54, 1.807) is 0 Å². The predicted molar refractivity (Wildman–Crippen MR) is 81.3 cm³/mol. The molecule has 1 atom stereocenters. The first-order chi connectivity index (χ1) is 9.88. The van der Waals surface area contributed by atoms with E-state index in [4.69, 9.17) is 11.6 Å². The minimum atomic E-state index is -0.808. The maximum atomic E-state index is 13.4. The average Bonchev–Trinajstić information content (AvgIpc) is 2.43. The molecule has 0 saturated carbocycles. The first kappa shape index (κ1) is 15.3. The molecule has 0 saturated heterocycles. The van der Waals surface area contributed by atoms with Crippen LogP contribution in [0.15, 0.2) is 36.4 Å².